The minimum absolute atomic E-state index is 0.280. The second-order valence-electron chi connectivity index (χ2n) is 4.91. The highest BCUT2D eigenvalue weighted by atomic mass is 16.3. The van der Waals surface area contributed by atoms with Crippen molar-refractivity contribution in [3.05, 3.63) is 41.1 Å². The molecule has 0 aliphatic carbocycles. The summed E-state index contributed by atoms with van der Waals surface area (Å²) in [6.45, 7) is 7.17. The lowest BCUT2D eigenvalue weighted by molar-refractivity contribution is 0.503. The predicted octanol–water partition coefficient (Wildman–Crippen LogP) is 2.78. The predicted molar refractivity (Wildman–Crippen MR) is 76.2 cm³/mol. The van der Waals surface area contributed by atoms with E-state index in [1.165, 1.54) is 11.3 Å². The summed E-state index contributed by atoms with van der Waals surface area (Å²) >= 11 is 0. The number of nitrogens with one attached hydrogen (secondary N) is 1. The van der Waals surface area contributed by atoms with Gasteiger partial charge in [0.15, 0.2) is 0 Å². The number of nitrogens with zero attached hydrogens (tertiary/aromatic N) is 2. The van der Waals surface area contributed by atoms with Crippen LogP contribution in [0.15, 0.2) is 22.8 Å². The molecule has 0 aromatic carbocycles. The maximum atomic E-state index is 5.42. The average molecular weight is 261 g/mol. The lowest BCUT2D eigenvalue weighted by Gasteiger charge is -2.16. The van der Waals surface area contributed by atoms with E-state index in [1.807, 2.05) is 24.9 Å². The van der Waals surface area contributed by atoms with Crippen molar-refractivity contribution in [1.29, 1.82) is 0 Å². The van der Waals surface area contributed by atoms with Gasteiger partial charge in [-0.3, -0.25) is 4.68 Å². The molecule has 0 spiro atoms. The van der Waals surface area contributed by atoms with E-state index in [1.54, 1.807) is 0 Å². The number of likely N-dealkylation sites (N-methyl/N-ethyl adjacent to an activating group) is 1. The molecule has 4 heteroatoms. The molecule has 1 unspecified atom stereocenters. The number of furan rings is 1. The molecule has 0 bridgehead atoms. The Bertz CT molecular complexity index is 527. The molecule has 0 saturated heterocycles. The number of aryl methyl sites for hydroxylation is 3. The van der Waals surface area contributed by atoms with Crippen molar-refractivity contribution >= 4 is 0 Å². The van der Waals surface area contributed by atoms with E-state index in [9.17, 15) is 0 Å². The first-order valence-electron chi connectivity index (χ1n) is 6.94. The Morgan fingerprint density at radius 2 is 2.16 bits per heavy atom. The molecule has 2 aromatic rings. The fourth-order valence-corrected chi connectivity index (χ4v) is 2.35. The van der Waals surface area contributed by atoms with E-state index in [0.29, 0.717) is 0 Å². The minimum atomic E-state index is 0.280. The van der Waals surface area contributed by atoms with E-state index >= 15 is 0 Å². The minimum Gasteiger partial charge on any atom is -0.469 e. The molecule has 0 radical (unpaired) electrons. The first kappa shape index (κ1) is 13.9. The third-order valence-electron chi connectivity index (χ3n) is 3.41. The van der Waals surface area contributed by atoms with E-state index < -0.39 is 0 Å². The van der Waals surface area contributed by atoms with Crippen LogP contribution in [0.5, 0.6) is 0 Å². The molecule has 2 aromatic heterocycles. The third-order valence-corrected chi connectivity index (χ3v) is 3.41. The van der Waals surface area contributed by atoms with Gasteiger partial charge in [0.2, 0.25) is 0 Å². The lowest BCUT2D eigenvalue weighted by Crippen LogP contribution is -2.23. The quantitative estimate of drug-likeness (QED) is 0.869. The van der Waals surface area contributed by atoms with E-state index in [-0.39, 0.29) is 6.04 Å². The van der Waals surface area contributed by atoms with Crippen molar-refractivity contribution in [3.63, 3.8) is 0 Å². The molecule has 0 saturated carbocycles. The highest BCUT2D eigenvalue weighted by Crippen LogP contribution is 2.21. The van der Waals surface area contributed by atoms with Crippen molar-refractivity contribution in [2.45, 2.75) is 39.7 Å². The highest BCUT2D eigenvalue weighted by Gasteiger charge is 2.16. The molecule has 0 amide bonds. The van der Waals surface area contributed by atoms with Crippen LogP contribution in [0.3, 0.4) is 0 Å². The maximum absolute atomic E-state index is 5.42. The Labute approximate surface area is 114 Å². The Balaban J connectivity index is 2.18. The van der Waals surface area contributed by atoms with Gasteiger partial charge < -0.3 is 9.73 Å². The standard InChI is InChI=1S/C15H23N3O/c1-5-13-8-14(18(4)17-13)9-15(16-6-2)12-7-11(3)19-10-12/h7-8,10,15-16H,5-6,9H2,1-4H3. The molecule has 0 aliphatic rings. The van der Waals surface area contributed by atoms with Crippen LogP contribution in [-0.4, -0.2) is 16.3 Å². The lowest BCUT2D eigenvalue weighted by atomic mass is 10.0. The molecule has 4 nitrogen and oxygen atoms in total. The first-order valence-corrected chi connectivity index (χ1v) is 6.94. The largest absolute Gasteiger partial charge is 0.469 e. The van der Waals surface area contributed by atoms with Crippen molar-refractivity contribution in [1.82, 2.24) is 15.1 Å². The third kappa shape index (κ3) is 3.26. The Morgan fingerprint density at radius 3 is 2.68 bits per heavy atom. The van der Waals surface area contributed by atoms with Crippen LogP contribution in [0, 0.1) is 6.92 Å². The Kier molecular flexibility index (Phi) is 4.43. The summed E-state index contributed by atoms with van der Waals surface area (Å²) in [5.41, 5.74) is 3.61. The summed E-state index contributed by atoms with van der Waals surface area (Å²) in [5, 5.41) is 8.02. The zero-order chi connectivity index (χ0) is 13.8. The van der Waals surface area contributed by atoms with Gasteiger partial charge in [0.05, 0.1) is 12.0 Å². The van der Waals surface area contributed by atoms with E-state index in [2.05, 4.69) is 36.4 Å². The number of hydrogen-bond acceptors (Lipinski definition) is 3. The highest BCUT2D eigenvalue weighted by molar-refractivity contribution is 5.20. The molecule has 19 heavy (non-hydrogen) atoms. The zero-order valence-electron chi connectivity index (χ0n) is 12.2. The Hall–Kier alpha value is -1.55. The molecular weight excluding hydrogens is 238 g/mol. The van der Waals surface area contributed by atoms with Gasteiger partial charge in [-0.25, -0.2) is 0 Å². The summed E-state index contributed by atoms with van der Waals surface area (Å²) in [4.78, 5) is 0. The van der Waals surface area contributed by atoms with Gasteiger partial charge >= 0.3 is 0 Å². The topological polar surface area (TPSA) is 43.0 Å². The molecule has 2 heterocycles. The van der Waals surface area contributed by atoms with Crippen LogP contribution in [0.25, 0.3) is 0 Å². The average Bonchev–Trinajstić information content (AvgIpc) is 2.96. The van der Waals surface area contributed by atoms with Crippen LogP contribution in [0.1, 0.15) is 42.6 Å². The summed E-state index contributed by atoms with van der Waals surface area (Å²) in [5.74, 6) is 0.956. The van der Waals surface area contributed by atoms with E-state index in [4.69, 9.17) is 4.42 Å². The van der Waals surface area contributed by atoms with Crippen molar-refractivity contribution in [3.8, 4) is 0 Å². The SMILES string of the molecule is CCNC(Cc1cc(CC)nn1C)c1coc(C)c1. The first-order chi connectivity index (χ1) is 9.13. The van der Waals surface area contributed by atoms with Crippen molar-refractivity contribution in [2.75, 3.05) is 6.54 Å². The smallest absolute Gasteiger partial charge is 0.101 e. The molecule has 2 rings (SSSR count). The fraction of sp³-hybridized carbons (Fsp3) is 0.533. The van der Waals surface area contributed by atoms with Crippen LogP contribution in [0.4, 0.5) is 0 Å². The number of aromatic nitrogens is 2. The van der Waals surface area contributed by atoms with Gasteiger partial charge in [-0.1, -0.05) is 13.8 Å². The molecular formula is C15H23N3O. The van der Waals surface area contributed by atoms with Gasteiger partial charge in [-0.2, -0.15) is 5.10 Å². The van der Waals surface area contributed by atoms with Crippen LogP contribution >= 0.6 is 0 Å². The summed E-state index contributed by atoms with van der Waals surface area (Å²) < 4.78 is 7.41. The molecule has 1 atom stereocenters. The zero-order valence-corrected chi connectivity index (χ0v) is 12.2. The van der Waals surface area contributed by atoms with Gasteiger partial charge in [0.1, 0.15) is 5.76 Å². The van der Waals surface area contributed by atoms with Crippen molar-refractivity contribution < 1.29 is 4.42 Å². The van der Waals surface area contributed by atoms with Gasteiger partial charge in [-0.05, 0) is 32.0 Å². The normalized spacial score (nSPS) is 12.8. The van der Waals surface area contributed by atoms with Crippen LogP contribution in [-0.2, 0) is 19.9 Å². The molecule has 0 fully saturated rings. The van der Waals surface area contributed by atoms with E-state index in [0.717, 1.165) is 30.8 Å². The molecule has 1 N–H and O–H groups in total. The summed E-state index contributed by atoms with van der Waals surface area (Å²) in [7, 11) is 2.01. The van der Waals surface area contributed by atoms with Crippen LogP contribution in [0.2, 0.25) is 0 Å². The second-order valence-corrected chi connectivity index (χ2v) is 4.91. The number of hydrogen-bond donors (Lipinski definition) is 1. The van der Waals surface area contributed by atoms with Gasteiger partial charge in [-0.15, -0.1) is 0 Å². The van der Waals surface area contributed by atoms with Crippen molar-refractivity contribution in [2.24, 2.45) is 7.05 Å². The molecule has 0 aliphatic heterocycles. The van der Waals surface area contributed by atoms with Gasteiger partial charge in [0, 0.05) is 30.8 Å². The summed E-state index contributed by atoms with van der Waals surface area (Å²) in [6.07, 6.45) is 3.75. The van der Waals surface area contributed by atoms with Gasteiger partial charge in [0.25, 0.3) is 0 Å². The monoisotopic (exact) mass is 261 g/mol. The Morgan fingerprint density at radius 1 is 1.37 bits per heavy atom. The maximum Gasteiger partial charge on any atom is 0.101 e. The molecule has 104 valence electrons. The van der Waals surface area contributed by atoms with Crippen LogP contribution < -0.4 is 5.32 Å². The summed E-state index contributed by atoms with van der Waals surface area (Å²) in [6, 6.07) is 4.57. The fourth-order valence-electron chi connectivity index (χ4n) is 2.35. The second kappa shape index (κ2) is 6.06. The number of rotatable bonds is 6.